The topological polar surface area (TPSA) is 118 Å². The van der Waals surface area contributed by atoms with Crippen LogP contribution in [0.4, 0.5) is 23.7 Å². The zero-order valence-electron chi connectivity index (χ0n) is 19.0. The summed E-state index contributed by atoms with van der Waals surface area (Å²) >= 11 is 0. The maximum absolute atomic E-state index is 14.9. The molecule has 1 aromatic carbocycles. The van der Waals surface area contributed by atoms with Crippen molar-refractivity contribution in [3.8, 4) is 11.1 Å². The lowest BCUT2D eigenvalue weighted by molar-refractivity contribution is 0.201. The smallest absolute Gasteiger partial charge is 0.411 e. The van der Waals surface area contributed by atoms with Crippen molar-refractivity contribution in [3.63, 3.8) is 0 Å². The third-order valence-corrected chi connectivity index (χ3v) is 5.47. The number of carboxylic acid groups (broad SMARTS) is 1. The van der Waals surface area contributed by atoms with Crippen LogP contribution < -0.4 is 21.7 Å². The molecule has 1 heterocycles. The van der Waals surface area contributed by atoms with E-state index in [2.05, 4.69) is 10.3 Å². The van der Waals surface area contributed by atoms with Gasteiger partial charge in [-0.05, 0) is 44.4 Å². The Bertz CT molecular complexity index is 998. The van der Waals surface area contributed by atoms with Crippen molar-refractivity contribution in [3.05, 3.63) is 59.4 Å². The molecule has 6 N–H and O–H groups in total. The number of hydrogen-bond donors (Lipinski definition) is 4. The van der Waals surface area contributed by atoms with E-state index in [0.717, 1.165) is 23.1 Å². The largest absolute Gasteiger partial charge is 0.465 e. The number of rotatable bonds is 10. The number of nitrogens with zero attached hydrogens (tertiary/aromatic N) is 2. The zero-order chi connectivity index (χ0) is 24.8. The first kappa shape index (κ1) is 26.0. The van der Waals surface area contributed by atoms with Crippen molar-refractivity contribution in [1.29, 1.82) is 0 Å². The summed E-state index contributed by atoms with van der Waals surface area (Å²) in [6.45, 7) is 5.71. The van der Waals surface area contributed by atoms with E-state index in [1.165, 1.54) is 6.20 Å². The monoisotopic (exact) mass is 465 g/mol. The highest BCUT2D eigenvalue weighted by Crippen LogP contribution is 2.33. The van der Waals surface area contributed by atoms with E-state index >= 15 is 0 Å². The van der Waals surface area contributed by atoms with E-state index in [4.69, 9.17) is 11.5 Å². The number of aromatic nitrogens is 1. The van der Waals surface area contributed by atoms with Crippen LogP contribution in [-0.4, -0.2) is 29.3 Å². The van der Waals surface area contributed by atoms with Gasteiger partial charge >= 0.3 is 6.09 Å². The summed E-state index contributed by atoms with van der Waals surface area (Å²) in [6, 6.07) is 2.80. The van der Waals surface area contributed by atoms with E-state index in [1.54, 1.807) is 27.0 Å². The molecule has 2 rings (SSSR count). The van der Waals surface area contributed by atoms with E-state index < -0.39 is 34.6 Å². The molecule has 0 aliphatic rings. The standard InChI is InChI=1S/C23H30F3N5O2/c1-4-23(28,5-2)21-19(26)9-15(13-30-21)20-17(24)10-16(11-18(20)25)31(22(32)33)8-6-7-29-12-14(3)27/h9-13,29H,4-8,27-28H2,1-3H3,(H,32,33)/b14-12-. The number of amides is 1. The Morgan fingerprint density at radius 1 is 1.18 bits per heavy atom. The van der Waals surface area contributed by atoms with E-state index in [-0.39, 0.29) is 23.5 Å². The van der Waals surface area contributed by atoms with Gasteiger partial charge in [-0.25, -0.2) is 18.0 Å². The number of carbonyl (C=O) groups is 1. The maximum Gasteiger partial charge on any atom is 0.411 e. The minimum absolute atomic E-state index is 0.00445. The minimum Gasteiger partial charge on any atom is -0.465 e. The van der Waals surface area contributed by atoms with Crippen molar-refractivity contribution in [2.75, 3.05) is 18.0 Å². The third-order valence-electron chi connectivity index (χ3n) is 5.47. The van der Waals surface area contributed by atoms with Crippen molar-refractivity contribution in [1.82, 2.24) is 10.3 Å². The lowest BCUT2D eigenvalue weighted by atomic mass is 9.89. The minimum atomic E-state index is -1.36. The molecule has 0 spiro atoms. The molecule has 0 unspecified atom stereocenters. The molecule has 10 heteroatoms. The predicted molar refractivity (Wildman–Crippen MR) is 122 cm³/mol. The Kier molecular flexibility index (Phi) is 8.69. The number of hydrogen-bond acceptors (Lipinski definition) is 5. The van der Waals surface area contributed by atoms with Gasteiger partial charge in [0.2, 0.25) is 0 Å². The van der Waals surface area contributed by atoms with Gasteiger partial charge in [0.1, 0.15) is 17.5 Å². The number of nitrogens with one attached hydrogen (secondary N) is 1. The molecule has 0 saturated carbocycles. The van der Waals surface area contributed by atoms with Crippen molar-refractivity contribution in [2.24, 2.45) is 11.5 Å². The molecular weight excluding hydrogens is 435 g/mol. The van der Waals surface area contributed by atoms with Gasteiger partial charge in [0.25, 0.3) is 0 Å². The van der Waals surface area contributed by atoms with Gasteiger partial charge in [0.05, 0.1) is 22.5 Å². The second-order valence-corrected chi connectivity index (χ2v) is 7.83. The molecule has 0 fully saturated rings. The lowest BCUT2D eigenvalue weighted by Gasteiger charge is -2.26. The quantitative estimate of drug-likeness (QED) is 0.386. The summed E-state index contributed by atoms with van der Waals surface area (Å²) < 4.78 is 44.5. The van der Waals surface area contributed by atoms with Crippen LogP contribution in [0.15, 0.2) is 36.3 Å². The first-order valence-corrected chi connectivity index (χ1v) is 10.6. The fourth-order valence-electron chi connectivity index (χ4n) is 3.42. The Morgan fingerprint density at radius 2 is 1.79 bits per heavy atom. The average Bonchev–Trinajstić information content (AvgIpc) is 2.74. The Labute approximate surface area is 191 Å². The Hall–Kier alpha value is -3.27. The molecule has 1 amide bonds. The summed E-state index contributed by atoms with van der Waals surface area (Å²) in [5, 5.41) is 12.4. The molecule has 0 aliphatic carbocycles. The molecule has 0 aliphatic heterocycles. The van der Waals surface area contributed by atoms with Crippen LogP contribution in [0, 0.1) is 17.5 Å². The second-order valence-electron chi connectivity index (χ2n) is 7.83. The van der Waals surface area contributed by atoms with Gasteiger partial charge in [-0.3, -0.25) is 9.88 Å². The highest BCUT2D eigenvalue weighted by molar-refractivity contribution is 5.86. The number of anilines is 1. The molecule has 0 radical (unpaired) electrons. The van der Waals surface area contributed by atoms with Gasteiger partial charge < -0.3 is 21.9 Å². The van der Waals surface area contributed by atoms with Crippen LogP contribution in [0.2, 0.25) is 0 Å². The summed E-state index contributed by atoms with van der Waals surface area (Å²) in [7, 11) is 0. The van der Waals surface area contributed by atoms with Crippen LogP contribution in [0.1, 0.15) is 45.7 Å². The lowest BCUT2D eigenvalue weighted by Crippen LogP contribution is -2.37. The first-order valence-electron chi connectivity index (χ1n) is 10.6. The van der Waals surface area contributed by atoms with Crippen LogP contribution in [0.5, 0.6) is 0 Å². The fraction of sp³-hybridized carbons (Fsp3) is 0.391. The SMILES string of the molecule is CCC(N)(CC)c1ncc(-c2c(F)cc(N(CCCN/C=C(/C)N)C(=O)O)cc2F)cc1F. The predicted octanol–water partition coefficient (Wildman–Crippen LogP) is 4.42. The molecular formula is C23H30F3N5O2. The van der Waals surface area contributed by atoms with Crippen molar-refractivity contribution in [2.45, 2.75) is 45.6 Å². The molecule has 0 atom stereocenters. The second kappa shape index (κ2) is 11.0. The van der Waals surface area contributed by atoms with Crippen LogP contribution in [0.3, 0.4) is 0 Å². The summed E-state index contributed by atoms with van der Waals surface area (Å²) in [4.78, 5) is 16.5. The van der Waals surface area contributed by atoms with Gasteiger partial charge in [0, 0.05) is 36.7 Å². The van der Waals surface area contributed by atoms with Gasteiger partial charge in [-0.1, -0.05) is 13.8 Å². The molecule has 33 heavy (non-hydrogen) atoms. The molecule has 2 aromatic rings. The number of pyridine rings is 1. The summed E-state index contributed by atoms with van der Waals surface area (Å²) in [5.41, 5.74) is 10.5. The summed E-state index contributed by atoms with van der Waals surface area (Å²) in [6.07, 6.45) is 2.63. The maximum atomic E-state index is 14.9. The van der Waals surface area contributed by atoms with Crippen molar-refractivity contribution >= 4 is 11.8 Å². The number of halogens is 3. The van der Waals surface area contributed by atoms with Crippen LogP contribution in [0.25, 0.3) is 11.1 Å². The number of allylic oxidation sites excluding steroid dienone is 1. The van der Waals surface area contributed by atoms with E-state index in [0.29, 0.717) is 31.5 Å². The van der Waals surface area contributed by atoms with E-state index in [9.17, 15) is 23.1 Å². The summed E-state index contributed by atoms with van der Waals surface area (Å²) in [5.74, 6) is -2.83. The fourth-order valence-corrected chi connectivity index (χ4v) is 3.42. The molecule has 7 nitrogen and oxygen atoms in total. The van der Waals surface area contributed by atoms with Gasteiger partial charge in [0.15, 0.2) is 0 Å². The van der Waals surface area contributed by atoms with Crippen molar-refractivity contribution < 1.29 is 23.1 Å². The highest BCUT2D eigenvalue weighted by atomic mass is 19.1. The molecule has 1 aromatic heterocycles. The number of benzene rings is 1. The van der Waals surface area contributed by atoms with Crippen LogP contribution >= 0.6 is 0 Å². The molecule has 0 saturated heterocycles. The van der Waals surface area contributed by atoms with Gasteiger partial charge in [-0.15, -0.1) is 0 Å². The molecule has 180 valence electrons. The Balaban J connectivity index is 2.33. The normalized spacial score (nSPS) is 12.0. The van der Waals surface area contributed by atoms with Gasteiger partial charge in [-0.2, -0.15) is 0 Å². The third kappa shape index (κ3) is 6.16. The van der Waals surface area contributed by atoms with E-state index in [1.807, 2.05) is 0 Å². The van der Waals surface area contributed by atoms with Crippen LogP contribution in [-0.2, 0) is 5.54 Å². The Morgan fingerprint density at radius 3 is 2.27 bits per heavy atom. The first-order chi connectivity index (χ1) is 15.5. The average molecular weight is 466 g/mol. The molecule has 0 bridgehead atoms. The highest BCUT2D eigenvalue weighted by Gasteiger charge is 2.29. The number of nitrogens with two attached hydrogens (primary N) is 2. The zero-order valence-corrected chi connectivity index (χ0v) is 19.0.